The number of rotatable bonds is 2. The standard InChI is InChI=1S/C14H19ClO3S/c15-11-6-5-7-12(10-11)19(17,18)14-9-4-2-1-3-8-13(14)16/h5-7,10,13-14,16H,1-4,8-9H2. The molecule has 106 valence electrons. The number of hydrogen-bond acceptors (Lipinski definition) is 3. The molecule has 1 saturated carbocycles. The lowest BCUT2D eigenvalue weighted by atomic mass is 9.98. The van der Waals surface area contributed by atoms with Crippen LogP contribution in [0.4, 0.5) is 0 Å². The molecule has 1 fully saturated rings. The summed E-state index contributed by atoms with van der Waals surface area (Å²) in [5.74, 6) is 0. The zero-order valence-electron chi connectivity index (χ0n) is 10.8. The molecular formula is C14H19ClO3S. The van der Waals surface area contributed by atoms with Crippen molar-refractivity contribution in [1.29, 1.82) is 0 Å². The van der Waals surface area contributed by atoms with E-state index in [4.69, 9.17) is 11.6 Å². The average molecular weight is 303 g/mol. The van der Waals surface area contributed by atoms with Gasteiger partial charge in [0.05, 0.1) is 16.2 Å². The van der Waals surface area contributed by atoms with Crippen LogP contribution in [0, 0.1) is 0 Å². The third-order valence-corrected chi connectivity index (χ3v) is 6.18. The van der Waals surface area contributed by atoms with Crippen LogP contribution in [-0.2, 0) is 9.84 Å². The van der Waals surface area contributed by atoms with Gasteiger partial charge in [-0.1, -0.05) is 43.4 Å². The molecule has 0 aliphatic heterocycles. The Labute approximate surface area is 119 Å². The molecule has 0 saturated heterocycles. The third-order valence-electron chi connectivity index (χ3n) is 3.69. The fourth-order valence-electron chi connectivity index (χ4n) is 2.61. The molecule has 1 aromatic rings. The first kappa shape index (κ1) is 14.8. The van der Waals surface area contributed by atoms with Crippen molar-refractivity contribution >= 4 is 21.4 Å². The van der Waals surface area contributed by atoms with E-state index in [1.165, 1.54) is 6.07 Å². The van der Waals surface area contributed by atoms with E-state index < -0.39 is 21.2 Å². The maximum absolute atomic E-state index is 12.6. The highest BCUT2D eigenvalue weighted by Crippen LogP contribution is 2.28. The maximum Gasteiger partial charge on any atom is 0.183 e. The van der Waals surface area contributed by atoms with Crippen molar-refractivity contribution in [3.05, 3.63) is 29.3 Å². The van der Waals surface area contributed by atoms with Gasteiger partial charge in [0.15, 0.2) is 9.84 Å². The molecule has 0 heterocycles. The van der Waals surface area contributed by atoms with E-state index in [2.05, 4.69) is 0 Å². The molecule has 2 atom stereocenters. The predicted molar refractivity (Wildman–Crippen MR) is 76.1 cm³/mol. The molecule has 2 unspecified atom stereocenters. The molecule has 1 N–H and O–H groups in total. The first-order valence-electron chi connectivity index (χ1n) is 6.69. The molecule has 3 nitrogen and oxygen atoms in total. The Kier molecular flexibility index (Phi) is 4.87. The second-order valence-electron chi connectivity index (χ2n) is 5.10. The maximum atomic E-state index is 12.6. The Hall–Kier alpha value is -0.580. The van der Waals surface area contributed by atoms with E-state index in [-0.39, 0.29) is 4.90 Å². The van der Waals surface area contributed by atoms with E-state index in [1.54, 1.807) is 18.2 Å². The summed E-state index contributed by atoms with van der Waals surface area (Å²) in [4.78, 5) is 0.213. The van der Waals surface area contributed by atoms with E-state index >= 15 is 0 Å². The SMILES string of the molecule is O=S(=O)(c1cccc(Cl)c1)C1CCCCCCC1O. The zero-order valence-corrected chi connectivity index (χ0v) is 12.3. The van der Waals surface area contributed by atoms with E-state index in [0.717, 1.165) is 25.7 Å². The second kappa shape index (κ2) is 6.25. The van der Waals surface area contributed by atoms with Crippen LogP contribution in [0.1, 0.15) is 38.5 Å². The van der Waals surface area contributed by atoms with Crippen molar-refractivity contribution in [3.8, 4) is 0 Å². The molecule has 0 aromatic heterocycles. The Balaban J connectivity index is 2.31. The van der Waals surface area contributed by atoms with E-state index in [1.807, 2.05) is 0 Å². The smallest absolute Gasteiger partial charge is 0.183 e. The molecule has 19 heavy (non-hydrogen) atoms. The van der Waals surface area contributed by atoms with Gasteiger partial charge in [-0.05, 0) is 31.0 Å². The zero-order chi connectivity index (χ0) is 13.9. The third kappa shape index (κ3) is 3.50. The molecular weight excluding hydrogens is 284 g/mol. The van der Waals surface area contributed by atoms with E-state index in [0.29, 0.717) is 17.9 Å². The van der Waals surface area contributed by atoms with Crippen molar-refractivity contribution in [2.24, 2.45) is 0 Å². The lowest BCUT2D eigenvalue weighted by Gasteiger charge is -2.25. The van der Waals surface area contributed by atoms with Gasteiger partial charge in [0.25, 0.3) is 0 Å². The van der Waals surface area contributed by atoms with Gasteiger partial charge < -0.3 is 5.11 Å². The van der Waals surface area contributed by atoms with Gasteiger partial charge in [0.2, 0.25) is 0 Å². The number of halogens is 1. The summed E-state index contributed by atoms with van der Waals surface area (Å²) >= 11 is 5.86. The van der Waals surface area contributed by atoms with Crippen LogP contribution >= 0.6 is 11.6 Å². The lowest BCUT2D eigenvalue weighted by Crippen LogP contribution is -2.35. The number of sulfone groups is 1. The van der Waals surface area contributed by atoms with Gasteiger partial charge in [0, 0.05) is 5.02 Å². The lowest BCUT2D eigenvalue weighted by molar-refractivity contribution is 0.144. The highest BCUT2D eigenvalue weighted by atomic mass is 35.5. The number of benzene rings is 1. The van der Waals surface area contributed by atoms with Gasteiger partial charge >= 0.3 is 0 Å². The highest BCUT2D eigenvalue weighted by Gasteiger charge is 2.33. The summed E-state index contributed by atoms with van der Waals surface area (Å²) in [6, 6.07) is 6.29. The first-order valence-corrected chi connectivity index (χ1v) is 8.62. The molecule has 0 bridgehead atoms. The topological polar surface area (TPSA) is 54.4 Å². The predicted octanol–water partition coefficient (Wildman–Crippen LogP) is 3.20. The quantitative estimate of drug-likeness (QED) is 0.913. The average Bonchev–Trinajstić information content (AvgIpc) is 2.34. The van der Waals surface area contributed by atoms with Gasteiger partial charge in [-0.3, -0.25) is 0 Å². The van der Waals surface area contributed by atoms with Crippen molar-refractivity contribution in [2.45, 2.75) is 54.8 Å². The fourth-order valence-corrected chi connectivity index (χ4v) is 4.80. The minimum atomic E-state index is -3.51. The van der Waals surface area contributed by atoms with Crippen LogP contribution in [0.15, 0.2) is 29.2 Å². The first-order chi connectivity index (χ1) is 9.01. The summed E-state index contributed by atoms with van der Waals surface area (Å²) < 4.78 is 25.2. The molecule has 1 aromatic carbocycles. The van der Waals surface area contributed by atoms with Crippen molar-refractivity contribution in [3.63, 3.8) is 0 Å². The molecule has 2 rings (SSSR count). The number of aliphatic hydroxyl groups is 1. The molecule has 1 aliphatic carbocycles. The Bertz CT molecular complexity index is 527. The number of hydrogen-bond donors (Lipinski definition) is 1. The number of aliphatic hydroxyl groups excluding tert-OH is 1. The summed E-state index contributed by atoms with van der Waals surface area (Å²) in [6.07, 6.45) is 4.16. The van der Waals surface area contributed by atoms with Crippen molar-refractivity contribution in [2.75, 3.05) is 0 Å². The van der Waals surface area contributed by atoms with Crippen LogP contribution in [0.3, 0.4) is 0 Å². The fraction of sp³-hybridized carbons (Fsp3) is 0.571. The largest absolute Gasteiger partial charge is 0.392 e. The van der Waals surface area contributed by atoms with Crippen LogP contribution in [-0.4, -0.2) is 24.9 Å². The van der Waals surface area contributed by atoms with Crippen molar-refractivity contribution in [1.82, 2.24) is 0 Å². The Morgan fingerprint density at radius 1 is 1.11 bits per heavy atom. The monoisotopic (exact) mass is 302 g/mol. The molecule has 0 amide bonds. The van der Waals surface area contributed by atoms with Gasteiger partial charge in [-0.15, -0.1) is 0 Å². The molecule has 1 aliphatic rings. The van der Waals surface area contributed by atoms with Crippen molar-refractivity contribution < 1.29 is 13.5 Å². The van der Waals surface area contributed by atoms with Gasteiger partial charge in [-0.2, -0.15) is 0 Å². The van der Waals surface area contributed by atoms with Gasteiger partial charge in [0.1, 0.15) is 0 Å². The summed E-state index contributed by atoms with van der Waals surface area (Å²) in [5.41, 5.74) is 0. The minimum absolute atomic E-state index is 0.213. The van der Waals surface area contributed by atoms with Crippen LogP contribution in [0.5, 0.6) is 0 Å². The van der Waals surface area contributed by atoms with E-state index in [9.17, 15) is 13.5 Å². The van der Waals surface area contributed by atoms with Crippen LogP contribution in [0.25, 0.3) is 0 Å². The summed E-state index contributed by atoms with van der Waals surface area (Å²) in [6.45, 7) is 0. The Morgan fingerprint density at radius 3 is 2.47 bits per heavy atom. The molecule has 0 spiro atoms. The van der Waals surface area contributed by atoms with Gasteiger partial charge in [-0.25, -0.2) is 8.42 Å². The normalized spacial score (nSPS) is 25.6. The summed E-state index contributed by atoms with van der Waals surface area (Å²) in [7, 11) is -3.51. The highest BCUT2D eigenvalue weighted by molar-refractivity contribution is 7.92. The molecule has 0 radical (unpaired) electrons. The molecule has 5 heteroatoms. The van der Waals surface area contributed by atoms with Crippen LogP contribution < -0.4 is 0 Å². The minimum Gasteiger partial charge on any atom is -0.392 e. The summed E-state index contributed by atoms with van der Waals surface area (Å²) in [5, 5.41) is 9.83. The van der Waals surface area contributed by atoms with Crippen LogP contribution in [0.2, 0.25) is 5.02 Å². The second-order valence-corrected chi connectivity index (χ2v) is 7.70. The Morgan fingerprint density at radius 2 is 1.79 bits per heavy atom.